The number of carbonyl (C=O) groups excluding carboxylic acids is 1. The van der Waals surface area contributed by atoms with Crippen LogP contribution < -0.4 is 10.6 Å². The molecule has 138 valence electrons. The highest BCUT2D eigenvalue weighted by Gasteiger charge is 2.33. The van der Waals surface area contributed by atoms with Crippen molar-refractivity contribution in [1.82, 2.24) is 15.5 Å². The molecule has 0 atom stereocenters. The molecule has 1 amide bonds. The van der Waals surface area contributed by atoms with Gasteiger partial charge in [-0.3, -0.25) is 9.79 Å². The summed E-state index contributed by atoms with van der Waals surface area (Å²) in [7, 11) is 3.53. The second-order valence-corrected chi connectivity index (χ2v) is 7.17. The third kappa shape index (κ3) is 5.65. The van der Waals surface area contributed by atoms with Crippen molar-refractivity contribution in [3.8, 4) is 0 Å². The van der Waals surface area contributed by atoms with Gasteiger partial charge in [-0.1, -0.05) is 12.8 Å². The van der Waals surface area contributed by atoms with E-state index in [4.69, 9.17) is 4.74 Å². The number of aliphatic imine (C=N–C) groups is 1. The van der Waals surface area contributed by atoms with Crippen molar-refractivity contribution in [2.75, 3.05) is 46.9 Å². The molecule has 1 saturated heterocycles. The molecule has 1 aliphatic heterocycles. The number of amides is 1. The van der Waals surface area contributed by atoms with Crippen LogP contribution in [0.25, 0.3) is 0 Å². The van der Waals surface area contributed by atoms with Gasteiger partial charge in [0.2, 0.25) is 5.91 Å². The van der Waals surface area contributed by atoms with Crippen LogP contribution in [0.5, 0.6) is 0 Å². The SMILES string of the molecule is CN=C(NCC(=O)N1CCCCC1)NCC1(CCOC)CCCC1. The predicted molar refractivity (Wildman–Crippen MR) is 97.2 cm³/mol. The normalized spacial score (nSPS) is 20.9. The molecule has 1 aliphatic carbocycles. The van der Waals surface area contributed by atoms with Crippen molar-refractivity contribution in [2.45, 2.75) is 51.4 Å². The smallest absolute Gasteiger partial charge is 0.241 e. The molecule has 2 rings (SSSR count). The molecule has 0 unspecified atom stereocenters. The van der Waals surface area contributed by atoms with Crippen molar-refractivity contribution in [2.24, 2.45) is 10.4 Å². The second-order valence-electron chi connectivity index (χ2n) is 7.17. The van der Waals surface area contributed by atoms with E-state index in [1.54, 1.807) is 14.2 Å². The van der Waals surface area contributed by atoms with Gasteiger partial charge in [-0.2, -0.15) is 0 Å². The Balaban J connectivity index is 1.75. The van der Waals surface area contributed by atoms with Crippen LogP contribution in [0, 0.1) is 5.41 Å². The average Bonchev–Trinajstić information content (AvgIpc) is 3.10. The fourth-order valence-corrected chi connectivity index (χ4v) is 3.87. The van der Waals surface area contributed by atoms with Crippen LogP contribution in [0.15, 0.2) is 4.99 Å². The van der Waals surface area contributed by atoms with Gasteiger partial charge in [-0.05, 0) is 43.9 Å². The lowest BCUT2D eigenvalue weighted by atomic mass is 9.83. The molecule has 0 radical (unpaired) electrons. The van der Waals surface area contributed by atoms with Gasteiger partial charge >= 0.3 is 0 Å². The lowest BCUT2D eigenvalue weighted by Crippen LogP contribution is -2.48. The van der Waals surface area contributed by atoms with E-state index in [1.807, 2.05) is 4.90 Å². The second kappa shape index (κ2) is 9.87. The third-order valence-corrected chi connectivity index (χ3v) is 5.47. The minimum Gasteiger partial charge on any atom is -0.385 e. The van der Waals surface area contributed by atoms with E-state index >= 15 is 0 Å². The number of hydrogen-bond donors (Lipinski definition) is 2. The van der Waals surface area contributed by atoms with E-state index in [0.717, 1.165) is 51.5 Å². The Bertz CT molecular complexity index is 413. The van der Waals surface area contributed by atoms with Crippen LogP contribution >= 0.6 is 0 Å². The molecule has 2 N–H and O–H groups in total. The zero-order valence-electron chi connectivity index (χ0n) is 15.4. The van der Waals surface area contributed by atoms with Crippen molar-refractivity contribution in [1.29, 1.82) is 0 Å². The maximum Gasteiger partial charge on any atom is 0.241 e. The minimum atomic E-state index is 0.174. The van der Waals surface area contributed by atoms with Gasteiger partial charge in [-0.15, -0.1) is 0 Å². The Morgan fingerprint density at radius 1 is 1.12 bits per heavy atom. The Hall–Kier alpha value is -1.30. The van der Waals surface area contributed by atoms with E-state index in [9.17, 15) is 4.79 Å². The molecular weight excluding hydrogens is 304 g/mol. The molecule has 6 nitrogen and oxygen atoms in total. The Kier molecular flexibility index (Phi) is 7.82. The summed E-state index contributed by atoms with van der Waals surface area (Å²) >= 11 is 0. The van der Waals surface area contributed by atoms with Gasteiger partial charge < -0.3 is 20.3 Å². The monoisotopic (exact) mass is 338 g/mol. The number of rotatable bonds is 7. The lowest BCUT2D eigenvalue weighted by Gasteiger charge is -2.30. The van der Waals surface area contributed by atoms with Crippen molar-refractivity contribution in [3.05, 3.63) is 0 Å². The molecule has 1 heterocycles. The van der Waals surface area contributed by atoms with E-state index in [0.29, 0.717) is 12.0 Å². The molecule has 24 heavy (non-hydrogen) atoms. The standard InChI is InChI=1S/C18H34N4O2/c1-19-17(20-14-16(23)22-11-6-3-7-12-22)21-15-18(10-13-24-2)8-4-5-9-18/h3-15H2,1-2H3,(H2,19,20,21). The van der Waals surface area contributed by atoms with Gasteiger partial charge in [0, 0.05) is 40.4 Å². The van der Waals surface area contributed by atoms with Crippen LogP contribution in [-0.2, 0) is 9.53 Å². The molecular formula is C18H34N4O2. The van der Waals surface area contributed by atoms with Crippen LogP contribution in [0.4, 0.5) is 0 Å². The quantitative estimate of drug-likeness (QED) is 0.548. The van der Waals surface area contributed by atoms with Crippen LogP contribution in [0.3, 0.4) is 0 Å². The third-order valence-electron chi connectivity index (χ3n) is 5.47. The molecule has 0 bridgehead atoms. The van der Waals surface area contributed by atoms with Crippen molar-refractivity contribution >= 4 is 11.9 Å². The summed E-state index contributed by atoms with van der Waals surface area (Å²) in [6.45, 7) is 3.82. The fraction of sp³-hybridized carbons (Fsp3) is 0.889. The largest absolute Gasteiger partial charge is 0.385 e. The van der Waals surface area contributed by atoms with Gasteiger partial charge in [0.25, 0.3) is 0 Å². The van der Waals surface area contributed by atoms with Gasteiger partial charge in [0.1, 0.15) is 0 Å². The average molecular weight is 338 g/mol. The number of carbonyl (C=O) groups is 1. The summed E-state index contributed by atoms with van der Waals surface area (Å²) in [6.07, 6.45) is 9.65. The number of ether oxygens (including phenoxy) is 1. The molecule has 0 spiro atoms. The van der Waals surface area contributed by atoms with Crippen LogP contribution in [0.1, 0.15) is 51.4 Å². The maximum absolute atomic E-state index is 12.2. The first-order valence-corrected chi connectivity index (χ1v) is 9.40. The zero-order valence-corrected chi connectivity index (χ0v) is 15.4. The molecule has 6 heteroatoms. The van der Waals surface area contributed by atoms with Gasteiger partial charge in [0.15, 0.2) is 5.96 Å². The number of guanidine groups is 1. The number of methoxy groups -OCH3 is 1. The highest BCUT2D eigenvalue weighted by molar-refractivity contribution is 5.86. The summed E-state index contributed by atoms with van der Waals surface area (Å²) in [5.41, 5.74) is 0.310. The predicted octanol–water partition coefficient (Wildman–Crippen LogP) is 1.76. The van der Waals surface area contributed by atoms with E-state index in [1.165, 1.54) is 32.1 Å². The summed E-state index contributed by atoms with van der Waals surface area (Å²) in [4.78, 5) is 18.5. The summed E-state index contributed by atoms with van der Waals surface area (Å²) in [5.74, 6) is 0.900. The minimum absolute atomic E-state index is 0.174. The maximum atomic E-state index is 12.2. The Morgan fingerprint density at radius 2 is 1.83 bits per heavy atom. The Labute approximate surface area is 146 Å². The van der Waals surface area contributed by atoms with Crippen molar-refractivity contribution < 1.29 is 9.53 Å². The number of likely N-dealkylation sites (tertiary alicyclic amines) is 1. The first-order valence-electron chi connectivity index (χ1n) is 9.40. The van der Waals surface area contributed by atoms with Gasteiger partial charge in [0.05, 0.1) is 6.54 Å². The topological polar surface area (TPSA) is 66.0 Å². The molecule has 2 fully saturated rings. The summed E-state index contributed by atoms with van der Waals surface area (Å²) in [5, 5.41) is 6.61. The molecule has 0 aromatic rings. The number of hydrogen-bond acceptors (Lipinski definition) is 3. The molecule has 0 aromatic heterocycles. The molecule has 2 aliphatic rings. The highest BCUT2D eigenvalue weighted by Crippen LogP contribution is 2.40. The van der Waals surface area contributed by atoms with E-state index in [-0.39, 0.29) is 5.91 Å². The van der Waals surface area contributed by atoms with Crippen LogP contribution in [-0.4, -0.2) is 63.7 Å². The highest BCUT2D eigenvalue weighted by atomic mass is 16.5. The Morgan fingerprint density at radius 3 is 2.46 bits per heavy atom. The lowest BCUT2D eigenvalue weighted by molar-refractivity contribution is -0.130. The molecule has 0 aromatic carbocycles. The first-order chi connectivity index (χ1) is 11.7. The van der Waals surface area contributed by atoms with E-state index in [2.05, 4.69) is 15.6 Å². The number of nitrogens with zero attached hydrogens (tertiary/aromatic N) is 2. The number of nitrogens with one attached hydrogen (secondary N) is 2. The number of piperidine rings is 1. The van der Waals surface area contributed by atoms with Crippen molar-refractivity contribution in [3.63, 3.8) is 0 Å². The fourth-order valence-electron chi connectivity index (χ4n) is 3.87. The van der Waals surface area contributed by atoms with Gasteiger partial charge in [-0.25, -0.2) is 0 Å². The first kappa shape index (κ1) is 19.0. The zero-order chi connectivity index (χ0) is 17.3. The van der Waals surface area contributed by atoms with E-state index < -0.39 is 0 Å². The summed E-state index contributed by atoms with van der Waals surface area (Å²) < 4.78 is 5.28. The van der Waals surface area contributed by atoms with Crippen LogP contribution in [0.2, 0.25) is 0 Å². The summed E-state index contributed by atoms with van der Waals surface area (Å²) in [6, 6.07) is 0. The molecule has 1 saturated carbocycles.